The molecule has 0 amide bonds. The van der Waals surface area contributed by atoms with Crippen LogP contribution in [0.1, 0.15) is 87.0 Å². The Balaban J connectivity index is 1.46. The van der Waals surface area contributed by atoms with Gasteiger partial charge in [0, 0.05) is 10.9 Å². The van der Waals surface area contributed by atoms with Crippen LogP contribution >= 0.6 is 15.9 Å². The van der Waals surface area contributed by atoms with Crippen LogP contribution in [0.3, 0.4) is 0 Å². The molecule has 0 spiro atoms. The van der Waals surface area contributed by atoms with E-state index in [0.29, 0.717) is 28.9 Å². The second kappa shape index (κ2) is 9.66. The van der Waals surface area contributed by atoms with E-state index in [1.54, 1.807) is 6.07 Å². The number of fused-ring (bicyclic) bond motifs is 1. The molecule has 0 fully saturated rings. The number of rotatable bonds is 10. The molecule has 0 radical (unpaired) electrons. The zero-order chi connectivity index (χ0) is 22.8. The number of carbonyl (C=O) groups is 1. The lowest BCUT2D eigenvalue weighted by atomic mass is 9.54. The maximum atomic E-state index is 13.1. The van der Waals surface area contributed by atoms with E-state index in [9.17, 15) is 15.0 Å². The normalized spacial score (nSPS) is 25.3. The first-order valence-electron chi connectivity index (χ1n) is 11.9. The van der Waals surface area contributed by atoms with Crippen LogP contribution in [-0.2, 0) is 20.7 Å². The first kappa shape index (κ1) is 23.5. The van der Waals surface area contributed by atoms with Crippen molar-refractivity contribution in [3.05, 3.63) is 69.2 Å². The third-order valence-corrected chi connectivity index (χ3v) is 7.64. The Labute approximate surface area is 199 Å². The van der Waals surface area contributed by atoms with Crippen molar-refractivity contribution in [3.8, 4) is 0 Å². The highest BCUT2D eigenvalue weighted by molar-refractivity contribution is 9.10. The highest BCUT2D eigenvalue weighted by atomic mass is 79.9. The Morgan fingerprint density at radius 1 is 0.938 bits per heavy atom. The van der Waals surface area contributed by atoms with Crippen LogP contribution in [0.25, 0.3) is 0 Å². The monoisotopic (exact) mass is 500 g/mol. The third-order valence-electron chi connectivity index (χ3n) is 7.15. The van der Waals surface area contributed by atoms with Crippen molar-refractivity contribution < 1.29 is 19.7 Å². The van der Waals surface area contributed by atoms with E-state index >= 15 is 0 Å². The fourth-order valence-electron chi connectivity index (χ4n) is 5.46. The second-order valence-electron chi connectivity index (χ2n) is 9.26. The molecule has 2 aromatic carbocycles. The van der Waals surface area contributed by atoms with Crippen molar-refractivity contribution in [2.75, 3.05) is 6.61 Å². The molecule has 0 aromatic heterocycles. The summed E-state index contributed by atoms with van der Waals surface area (Å²) in [4.78, 5) is 13.1. The topological polar surface area (TPSA) is 66.8 Å². The van der Waals surface area contributed by atoms with Gasteiger partial charge in [0.15, 0.2) is 0 Å². The molecule has 172 valence electrons. The van der Waals surface area contributed by atoms with Crippen LogP contribution in [0.2, 0.25) is 0 Å². The van der Waals surface area contributed by atoms with E-state index in [0.717, 1.165) is 23.7 Å². The van der Waals surface area contributed by atoms with Crippen LogP contribution < -0.4 is 0 Å². The molecular weight excluding hydrogens is 468 g/mol. The van der Waals surface area contributed by atoms with Crippen molar-refractivity contribution in [1.82, 2.24) is 0 Å². The number of hydrogen-bond acceptors (Lipinski definition) is 4. The first-order valence-corrected chi connectivity index (χ1v) is 12.7. The van der Waals surface area contributed by atoms with E-state index in [4.69, 9.17) is 4.74 Å². The van der Waals surface area contributed by atoms with Gasteiger partial charge in [0.2, 0.25) is 0 Å². The minimum Gasteiger partial charge on any atom is -0.465 e. The van der Waals surface area contributed by atoms with Gasteiger partial charge in [-0.2, -0.15) is 0 Å². The van der Waals surface area contributed by atoms with Crippen molar-refractivity contribution >= 4 is 21.9 Å². The van der Waals surface area contributed by atoms with Crippen molar-refractivity contribution in [2.24, 2.45) is 5.92 Å². The lowest BCUT2D eigenvalue weighted by Crippen LogP contribution is -2.57. The maximum Gasteiger partial charge on any atom is 0.312 e. The molecule has 0 saturated heterocycles. The quantitative estimate of drug-likeness (QED) is 0.313. The number of carbonyl (C=O) groups excluding carboxylic acids is 1. The fourth-order valence-corrected chi connectivity index (χ4v) is 5.82. The Bertz CT molecular complexity index is 974. The van der Waals surface area contributed by atoms with Gasteiger partial charge in [0.05, 0.1) is 12.5 Å². The van der Waals surface area contributed by atoms with E-state index in [1.165, 1.54) is 32.1 Å². The summed E-state index contributed by atoms with van der Waals surface area (Å²) < 4.78 is 6.45. The number of benzene rings is 2. The summed E-state index contributed by atoms with van der Waals surface area (Å²) in [5, 5.41) is 23.7. The van der Waals surface area contributed by atoms with Crippen molar-refractivity contribution in [1.29, 1.82) is 0 Å². The molecule has 4 nitrogen and oxygen atoms in total. The standard InChI is InChI=1S/C27H33BrO4/c1-2-3-4-5-6-7-8-11-16-32-25(29)24-18-26(30)20-12-9-10-13-21(20)27(24,31)22-15-14-19(28)17-23(22)26/h9-10,12-15,17,24,30-31H,2-8,11,16,18H2,1H3. The molecule has 0 aliphatic heterocycles. The maximum absolute atomic E-state index is 13.1. The fraction of sp³-hybridized carbons (Fsp3) is 0.519. The number of esters is 1. The van der Waals surface area contributed by atoms with Gasteiger partial charge < -0.3 is 14.9 Å². The molecule has 3 aliphatic rings. The molecule has 3 atom stereocenters. The summed E-state index contributed by atoms with van der Waals surface area (Å²) >= 11 is 3.48. The van der Waals surface area contributed by atoms with Crippen LogP contribution in [0, 0.1) is 5.92 Å². The van der Waals surface area contributed by atoms with Crippen LogP contribution in [0.15, 0.2) is 46.9 Å². The van der Waals surface area contributed by atoms with Gasteiger partial charge in [0.1, 0.15) is 11.2 Å². The predicted octanol–water partition coefficient (Wildman–Crippen LogP) is 5.94. The minimum atomic E-state index is -1.51. The molecule has 5 heteroatoms. The molecule has 0 saturated carbocycles. The average molecular weight is 501 g/mol. The highest BCUT2D eigenvalue weighted by Crippen LogP contribution is 2.60. The second-order valence-corrected chi connectivity index (χ2v) is 10.2. The molecule has 2 aromatic rings. The largest absolute Gasteiger partial charge is 0.465 e. The number of hydrogen-bond donors (Lipinski definition) is 2. The Morgan fingerprint density at radius 3 is 2.28 bits per heavy atom. The number of ether oxygens (including phenoxy) is 1. The van der Waals surface area contributed by atoms with E-state index < -0.39 is 23.1 Å². The molecule has 2 bridgehead atoms. The van der Waals surface area contributed by atoms with E-state index in [1.807, 2.05) is 36.4 Å². The molecule has 5 rings (SSSR count). The van der Waals surface area contributed by atoms with Crippen molar-refractivity contribution in [2.45, 2.75) is 75.9 Å². The zero-order valence-electron chi connectivity index (χ0n) is 18.8. The van der Waals surface area contributed by atoms with E-state index in [-0.39, 0.29) is 6.42 Å². The lowest BCUT2D eigenvalue weighted by molar-refractivity contribution is -0.167. The number of unbranched alkanes of at least 4 members (excludes halogenated alkanes) is 7. The smallest absolute Gasteiger partial charge is 0.312 e. The summed E-state index contributed by atoms with van der Waals surface area (Å²) in [6.45, 7) is 2.57. The van der Waals surface area contributed by atoms with Crippen LogP contribution in [-0.4, -0.2) is 22.8 Å². The highest BCUT2D eigenvalue weighted by Gasteiger charge is 2.62. The summed E-state index contributed by atoms with van der Waals surface area (Å²) in [5.41, 5.74) is -0.337. The van der Waals surface area contributed by atoms with Gasteiger partial charge in [-0.15, -0.1) is 0 Å². The minimum absolute atomic E-state index is 0.111. The average Bonchev–Trinajstić information content (AvgIpc) is 2.79. The summed E-state index contributed by atoms with van der Waals surface area (Å²) in [5.74, 6) is -1.28. The van der Waals surface area contributed by atoms with Crippen LogP contribution in [0.5, 0.6) is 0 Å². The molecule has 32 heavy (non-hydrogen) atoms. The van der Waals surface area contributed by atoms with Gasteiger partial charge >= 0.3 is 5.97 Å². The van der Waals surface area contributed by atoms with Gasteiger partial charge in [0.25, 0.3) is 0 Å². The molecular formula is C27H33BrO4. The molecule has 3 unspecified atom stereocenters. The third kappa shape index (κ3) is 4.04. The Hall–Kier alpha value is -1.69. The SMILES string of the molecule is CCCCCCCCCCOC(=O)C1CC2(O)c3ccccc3C1(O)c1ccc(Br)cc12. The van der Waals surface area contributed by atoms with Crippen LogP contribution in [0.4, 0.5) is 0 Å². The Kier molecular flexibility index (Phi) is 7.09. The van der Waals surface area contributed by atoms with Gasteiger partial charge in [-0.05, 0) is 40.8 Å². The molecule has 3 aliphatic carbocycles. The molecule has 2 N–H and O–H groups in total. The summed E-state index contributed by atoms with van der Waals surface area (Å²) in [7, 11) is 0. The predicted molar refractivity (Wildman–Crippen MR) is 128 cm³/mol. The zero-order valence-corrected chi connectivity index (χ0v) is 20.4. The van der Waals surface area contributed by atoms with Gasteiger partial charge in [-0.25, -0.2) is 0 Å². The summed E-state index contributed by atoms with van der Waals surface area (Å²) in [6.07, 6.45) is 9.50. The summed E-state index contributed by atoms with van der Waals surface area (Å²) in [6, 6.07) is 12.8. The Morgan fingerprint density at radius 2 is 1.56 bits per heavy atom. The molecule has 0 heterocycles. The first-order chi connectivity index (χ1) is 15.4. The van der Waals surface area contributed by atoms with Crippen molar-refractivity contribution in [3.63, 3.8) is 0 Å². The van der Waals surface area contributed by atoms with Gasteiger partial charge in [-0.1, -0.05) is 98.1 Å². The lowest BCUT2D eigenvalue weighted by Gasteiger charge is -2.53. The van der Waals surface area contributed by atoms with E-state index in [2.05, 4.69) is 22.9 Å². The van der Waals surface area contributed by atoms with Gasteiger partial charge in [-0.3, -0.25) is 4.79 Å². The number of halogens is 1. The number of aliphatic hydroxyl groups is 2.